The van der Waals surface area contributed by atoms with Crippen LogP contribution in [-0.4, -0.2) is 15.4 Å². The highest BCUT2D eigenvalue weighted by molar-refractivity contribution is 7.44. The molecule has 0 spiro atoms. The number of rotatable bonds is 1. The second kappa shape index (κ2) is 2.75. The molecule has 1 unspecified atom stereocenters. The van der Waals surface area contributed by atoms with Crippen LogP contribution in [0, 0.1) is 0 Å². The fourth-order valence-corrected chi connectivity index (χ4v) is 0. The van der Waals surface area contributed by atoms with Crippen molar-refractivity contribution in [3.05, 3.63) is 0 Å². The van der Waals surface area contributed by atoms with Crippen molar-refractivity contribution in [1.29, 1.82) is 0 Å². The smallest absolute Gasteiger partial charge is 0.257 e. The summed E-state index contributed by atoms with van der Waals surface area (Å²) in [7, 11) is 0.824. The van der Waals surface area contributed by atoms with E-state index in [4.69, 9.17) is 4.89 Å². The van der Waals surface area contributed by atoms with Crippen LogP contribution in [0.25, 0.3) is 0 Å². The Bertz CT molecular complexity index is 23.6. The highest BCUT2D eigenvalue weighted by Gasteiger charge is 1.83. The molecule has 0 aromatic carbocycles. The van der Waals surface area contributed by atoms with Crippen molar-refractivity contribution in [3.8, 4) is 0 Å². The molecule has 5 heteroatoms. The standard InChI is InChI=1S/H3NO2PSi/c1-4(2)3-5/h2H,1H2. The fourth-order valence-electron chi connectivity index (χ4n) is 0. The van der Waals surface area contributed by atoms with Crippen molar-refractivity contribution in [3.63, 3.8) is 0 Å². The molecule has 0 fully saturated rings. The normalized spacial score (nSPS) is 15.0. The summed E-state index contributed by atoms with van der Waals surface area (Å²) in [6.07, 6.45) is 0. The summed E-state index contributed by atoms with van der Waals surface area (Å²) in [5, 5.41) is 0. The molecule has 3 nitrogen and oxygen atoms in total. The molecule has 3 radical (unpaired) electrons. The Morgan fingerprint density at radius 3 is 2.20 bits per heavy atom. The zero-order chi connectivity index (χ0) is 4.28. The Labute approximate surface area is 34.6 Å². The molecular formula is H3NO2PSi. The summed E-state index contributed by atoms with van der Waals surface area (Å²) < 4.78 is 3.95. The Balaban J connectivity index is 2.54. The van der Waals surface area contributed by atoms with Gasteiger partial charge >= 0.3 is 0 Å². The van der Waals surface area contributed by atoms with Crippen molar-refractivity contribution >= 4 is 19.0 Å². The van der Waals surface area contributed by atoms with Crippen LogP contribution < -0.4 is 5.50 Å². The van der Waals surface area contributed by atoms with Gasteiger partial charge in [0.2, 0.25) is 8.53 Å². The first kappa shape index (κ1) is 5.53. The van der Waals surface area contributed by atoms with Crippen molar-refractivity contribution in [1.82, 2.24) is 0 Å². The molecule has 0 heterocycles. The molecule has 3 N–H and O–H groups in total. The molecule has 0 amide bonds. The molecule has 5 heavy (non-hydrogen) atoms. The van der Waals surface area contributed by atoms with Crippen LogP contribution in [0.3, 0.4) is 0 Å². The summed E-state index contributed by atoms with van der Waals surface area (Å²) in [5.41, 5.74) is 4.64. The third-order valence-electron chi connectivity index (χ3n) is 0.0935. The maximum absolute atomic E-state index is 7.93. The largest absolute Gasteiger partial charge is 0.366 e. The molecule has 0 aromatic heterocycles. The van der Waals surface area contributed by atoms with E-state index in [1.807, 2.05) is 0 Å². The summed E-state index contributed by atoms with van der Waals surface area (Å²) in [6, 6.07) is 0. The first-order chi connectivity index (χ1) is 2.27. The maximum atomic E-state index is 7.93. The molecule has 0 saturated carbocycles. The van der Waals surface area contributed by atoms with Gasteiger partial charge in [-0.15, -0.1) is 0 Å². The summed E-state index contributed by atoms with van der Waals surface area (Å²) in [5.74, 6) is 0. The van der Waals surface area contributed by atoms with E-state index in [-0.39, 0.29) is 0 Å². The van der Waals surface area contributed by atoms with Gasteiger partial charge in [-0.1, -0.05) is 0 Å². The van der Waals surface area contributed by atoms with Gasteiger partial charge in [-0.05, 0) is 0 Å². The van der Waals surface area contributed by atoms with E-state index in [1.165, 1.54) is 0 Å². The van der Waals surface area contributed by atoms with Crippen molar-refractivity contribution < 1.29 is 9.11 Å². The van der Waals surface area contributed by atoms with Crippen LogP contribution in [0.2, 0.25) is 0 Å². The predicted octanol–water partition coefficient (Wildman–Crippen LogP) is -0.736. The van der Waals surface area contributed by atoms with E-state index < -0.39 is 8.53 Å². The van der Waals surface area contributed by atoms with Crippen LogP contribution in [0.15, 0.2) is 0 Å². The van der Waals surface area contributed by atoms with Crippen LogP contribution >= 0.6 is 8.53 Å². The molecule has 0 rings (SSSR count). The van der Waals surface area contributed by atoms with Crippen LogP contribution in [0.5, 0.6) is 0 Å². The van der Waals surface area contributed by atoms with Gasteiger partial charge in [0.15, 0.2) is 0 Å². The zero-order valence-electron chi connectivity index (χ0n) is 2.38. The van der Waals surface area contributed by atoms with Gasteiger partial charge in [0.1, 0.15) is 0 Å². The van der Waals surface area contributed by atoms with Gasteiger partial charge in [0.05, 0.1) is 0 Å². The Morgan fingerprint density at radius 1 is 2.00 bits per heavy atom. The second-order valence-corrected chi connectivity index (χ2v) is 1.73. The lowest BCUT2D eigenvalue weighted by Gasteiger charge is -1.92. The van der Waals surface area contributed by atoms with Gasteiger partial charge in [-0.3, -0.25) is 5.50 Å². The first-order valence-electron chi connectivity index (χ1n) is 0.845. The van der Waals surface area contributed by atoms with Crippen LogP contribution in [0.4, 0.5) is 0 Å². The summed E-state index contributed by atoms with van der Waals surface area (Å²) >= 11 is 0. The minimum Gasteiger partial charge on any atom is -0.366 e. The van der Waals surface area contributed by atoms with Gasteiger partial charge in [-0.25, -0.2) is 0 Å². The molecule has 0 saturated heterocycles. The number of nitrogens with two attached hydrogens (primary N) is 1. The first-order valence-corrected chi connectivity index (χ1v) is 2.53. The monoisotopic (exact) mass is 108 g/mol. The van der Waals surface area contributed by atoms with Gasteiger partial charge < -0.3 is 9.11 Å². The molecule has 0 aliphatic carbocycles. The summed E-state index contributed by atoms with van der Waals surface area (Å²) in [4.78, 5) is 7.93. The minimum absolute atomic E-state index is 1.68. The molecule has 0 bridgehead atoms. The Hall–Kier alpha value is 0.527. The van der Waals surface area contributed by atoms with E-state index in [1.54, 1.807) is 0 Å². The molecular weight excluding hydrogens is 105 g/mol. The zero-order valence-corrected chi connectivity index (χ0v) is 4.27. The van der Waals surface area contributed by atoms with E-state index in [9.17, 15) is 0 Å². The van der Waals surface area contributed by atoms with Gasteiger partial charge in [0.25, 0.3) is 10.5 Å². The lowest BCUT2D eigenvalue weighted by molar-refractivity contribution is 0.514. The lowest BCUT2D eigenvalue weighted by atomic mass is 13.9. The van der Waals surface area contributed by atoms with Crippen LogP contribution in [-0.2, 0) is 4.21 Å². The van der Waals surface area contributed by atoms with E-state index in [0.717, 1.165) is 0 Å². The summed E-state index contributed by atoms with van der Waals surface area (Å²) in [6.45, 7) is 0. The van der Waals surface area contributed by atoms with Gasteiger partial charge in [0, 0.05) is 0 Å². The minimum atomic E-state index is -1.68. The van der Waals surface area contributed by atoms with Gasteiger partial charge in [-0.2, -0.15) is 0 Å². The Kier molecular flexibility index (Phi) is 3.04. The van der Waals surface area contributed by atoms with Crippen LogP contribution in [0.1, 0.15) is 0 Å². The second-order valence-electron chi connectivity index (χ2n) is 0.394. The third kappa shape index (κ3) is 4.53. The topological polar surface area (TPSA) is 55.5 Å². The average molecular weight is 108 g/mol. The highest BCUT2D eigenvalue weighted by atomic mass is 31.2. The predicted molar refractivity (Wildman–Crippen MR) is 20.2 cm³/mol. The average Bonchev–Trinajstić information content (AvgIpc) is 1.38. The maximum Gasteiger partial charge on any atom is 0.257 e. The number of hydrogen-bond donors (Lipinski definition) is 2. The molecule has 1 atom stereocenters. The van der Waals surface area contributed by atoms with E-state index in [0.29, 0.717) is 0 Å². The number of hydrogen-bond acceptors (Lipinski definition) is 3. The lowest BCUT2D eigenvalue weighted by Crippen LogP contribution is -1.86. The van der Waals surface area contributed by atoms with Crippen molar-refractivity contribution in [2.75, 3.05) is 0 Å². The molecule has 29 valence electrons. The van der Waals surface area contributed by atoms with Crippen molar-refractivity contribution in [2.24, 2.45) is 5.50 Å². The SMILES string of the molecule is NP(O)O[Si]. The van der Waals surface area contributed by atoms with Crippen molar-refractivity contribution in [2.45, 2.75) is 0 Å². The van der Waals surface area contributed by atoms with E-state index >= 15 is 0 Å². The molecule has 0 aromatic rings. The third-order valence-corrected chi connectivity index (χ3v) is 0.842. The van der Waals surface area contributed by atoms with E-state index in [2.05, 4.69) is 20.2 Å². The quantitative estimate of drug-likeness (QED) is 0.343. The fraction of sp³-hybridized carbons (Fsp3) is 0. The molecule has 0 aliphatic rings. The Morgan fingerprint density at radius 2 is 2.20 bits per heavy atom. The highest BCUT2D eigenvalue weighted by Crippen LogP contribution is 2.14. The molecule has 0 aliphatic heterocycles.